The smallest absolute Gasteiger partial charge is 0.320 e. The van der Waals surface area contributed by atoms with E-state index in [9.17, 15) is 15.2 Å². The molecule has 4 heteroatoms. The molecule has 0 radical (unpaired) electrons. The molecule has 0 amide bonds. The highest BCUT2D eigenvalue weighted by Gasteiger charge is 2.08. The van der Waals surface area contributed by atoms with Crippen LogP contribution in [0.2, 0.25) is 6.82 Å². The molecule has 0 aliphatic carbocycles. The van der Waals surface area contributed by atoms with Crippen LogP contribution < -0.4 is 5.46 Å². The predicted octanol–water partition coefficient (Wildman–Crippen LogP) is 2.74. The third-order valence-corrected chi connectivity index (χ3v) is 3.64. The molecule has 3 N–H and O–H groups in total. The van der Waals surface area contributed by atoms with Gasteiger partial charge in [-0.05, 0) is 34.1 Å². The van der Waals surface area contributed by atoms with E-state index in [4.69, 9.17) is 0 Å². The van der Waals surface area contributed by atoms with Crippen molar-refractivity contribution >= 4 is 23.2 Å². The van der Waals surface area contributed by atoms with Gasteiger partial charge < -0.3 is 15.2 Å². The summed E-state index contributed by atoms with van der Waals surface area (Å²) in [4.78, 5) is 0. The summed E-state index contributed by atoms with van der Waals surface area (Å²) in [5, 5.41) is 30.4. The number of rotatable bonds is 2. The molecule has 0 atom stereocenters. The molecule has 3 aromatic carbocycles. The Hall–Kier alpha value is -2.46. The topological polar surface area (TPSA) is 60.7 Å². The van der Waals surface area contributed by atoms with Crippen molar-refractivity contribution in [3.8, 4) is 22.6 Å². The van der Waals surface area contributed by atoms with Crippen LogP contribution in [0.5, 0.6) is 11.5 Å². The third kappa shape index (κ3) is 2.58. The lowest BCUT2D eigenvalue weighted by Gasteiger charge is -2.08. The number of phenolic OH excluding ortho intramolecular Hbond substituents is 2. The minimum absolute atomic E-state index is 0.0432. The molecule has 0 fully saturated rings. The highest BCUT2D eigenvalue weighted by atomic mass is 16.3. The average molecular weight is 278 g/mol. The van der Waals surface area contributed by atoms with E-state index in [2.05, 4.69) is 0 Å². The molecular formula is C17H15BO3. The van der Waals surface area contributed by atoms with Crippen molar-refractivity contribution in [2.75, 3.05) is 0 Å². The van der Waals surface area contributed by atoms with Crippen molar-refractivity contribution in [2.24, 2.45) is 0 Å². The van der Waals surface area contributed by atoms with Gasteiger partial charge in [0, 0.05) is 11.5 Å². The summed E-state index contributed by atoms with van der Waals surface area (Å²) in [6.07, 6.45) is 0. The van der Waals surface area contributed by atoms with Crippen LogP contribution >= 0.6 is 0 Å². The molecule has 104 valence electrons. The molecule has 3 nitrogen and oxygen atoms in total. The Balaban J connectivity index is 2.08. The fourth-order valence-corrected chi connectivity index (χ4v) is 2.47. The van der Waals surface area contributed by atoms with E-state index in [1.165, 1.54) is 6.07 Å². The van der Waals surface area contributed by atoms with Crippen LogP contribution in [-0.4, -0.2) is 22.2 Å². The monoisotopic (exact) mass is 278 g/mol. The summed E-state index contributed by atoms with van der Waals surface area (Å²) >= 11 is 0. The lowest BCUT2D eigenvalue weighted by Crippen LogP contribution is -2.25. The van der Waals surface area contributed by atoms with Crippen LogP contribution in [0.25, 0.3) is 21.9 Å². The van der Waals surface area contributed by atoms with E-state index in [0.717, 1.165) is 22.0 Å². The second kappa shape index (κ2) is 5.15. The van der Waals surface area contributed by atoms with Crippen LogP contribution in [0.1, 0.15) is 0 Å². The maximum absolute atomic E-state index is 9.82. The summed E-state index contributed by atoms with van der Waals surface area (Å²) in [5.41, 5.74) is 2.88. The first kappa shape index (κ1) is 13.5. The first-order chi connectivity index (χ1) is 10.0. The molecule has 0 unspecified atom stereocenters. The first-order valence-corrected chi connectivity index (χ1v) is 6.79. The maximum Gasteiger partial charge on any atom is 0.320 e. The lowest BCUT2D eigenvalue weighted by atomic mass is 9.64. The Bertz CT molecular complexity index is 795. The van der Waals surface area contributed by atoms with E-state index in [1.54, 1.807) is 12.9 Å². The van der Waals surface area contributed by atoms with Crippen LogP contribution in [0.4, 0.5) is 0 Å². The highest BCUT2D eigenvalue weighted by molar-refractivity contribution is 6.64. The van der Waals surface area contributed by atoms with E-state index < -0.39 is 6.92 Å². The number of fused-ring (bicyclic) bond motifs is 1. The molecule has 0 aliphatic heterocycles. The zero-order valence-electron chi connectivity index (χ0n) is 11.6. The highest BCUT2D eigenvalue weighted by Crippen LogP contribution is 2.32. The number of aromatic hydroxyl groups is 2. The van der Waals surface area contributed by atoms with Gasteiger partial charge in [0.1, 0.15) is 11.5 Å². The largest absolute Gasteiger partial charge is 0.508 e. The van der Waals surface area contributed by atoms with Gasteiger partial charge in [-0.3, -0.25) is 0 Å². The summed E-state index contributed by atoms with van der Waals surface area (Å²) in [6, 6.07) is 16.3. The molecule has 0 spiro atoms. The quantitative estimate of drug-likeness (QED) is 0.632. The summed E-state index contributed by atoms with van der Waals surface area (Å²) in [6.45, 7) is 1.25. The molecule has 0 heterocycles. The van der Waals surface area contributed by atoms with Crippen molar-refractivity contribution in [2.45, 2.75) is 6.82 Å². The SMILES string of the molecule is CB(O)c1ccc(-c2ccc3c(O)cc(O)cc3c2)cc1. The van der Waals surface area contributed by atoms with Crippen molar-refractivity contribution in [3.05, 3.63) is 54.6 Å². The normalized spacial score (nSPS) is 10.8. The zero-order valence-corrected chi connectivity index (χ0v) is 11.6. The lowest BCUT2D eigenvalue weighted by molar-refractivity contribution is 0.455. The van der Waals surface area contributed by atoms with Gasteiger partial charge in [-0.15, -0.1) is 0 Å². The Morgan fingerprint density at radius 3 is 2.14 bits per heavy atom. The van der Waals surface area contributed by atoms with Crippen molar-refractivity contribution in [1.29, 1.82) is 0 Å². The zero-order chi connectivity index (χ0) is 15.0. The van der Waals surface area contributed by atoms with E-state index in [0.29, 0.717) is 5.39 Å². The fourth-order valence-electron chi connectivity index (χ4n) is 2.47. The van der Waals surface area contributed by atoms with Crippen LogP contribution in [-0.2, 0) is 0 Å². The van der Waals surface area contributed by atoms with Gasteiger partial charge in [0.2, 0.25) is 0 Å². The molecule has 3 rings (SSSR count). The minimum Gasteiger partial charge on any atom is -0.508 e. The van der Waals surface area contributed by atoms with Gasteiger partial charge in [-0.25, -0.2) is 0 Å². The van der Waals surface area contributed by atoms with Gasteiger partial charge >= 0.3 is 6.92 Å². The molecule has 0 aromatic heterocycles. The van der Waals surface area contributed by atoms with Crippen LogP contribution in [0, 0.1) is 0 Å². The van der Waals surface area contributed by atoms with Gasteiger partial charge in [0.25, 0.3) is 0 Å². The maximum atomic E-state index is 9.82. The number of hydrogen-bond donors (Lipinski definition) is 3. The number of phenols is 2. The standard InChI is InChI=1S/C17H15BO3/c1-18(21)14-5-2-11(3-6-14)12-4-7-16-13(8-12)9-15(19)10-17(16)20/h2-10,19-21H,1H3. The molecule has 0 saturated carbocycles. The molecule has 21 heavy (non-hydrogen) atoms. The molecule has 0 aliphatic rings. The van der Waals surface area contributed by atoms with Crippen LogP contribution in [0.3, 0.4) is 0 Å². The molecular weight excluding hydrogens is 263 g/mol. The molecule has 0 bridgehead atoms. The third-order valence-electron chi connectivity index (χ3n) is 3.64. The van der Waals surface area contributed by atoms with E-state index >= 15 is 0 Å². The molecule has 0 saturated heterocycles. The summed E-state index contributed by atoms with van der Waals surface area (Å²) in [5.74, 6) is 0.114. The second-order valence-corrected chi connectivity index (χ2v) is 5.20. The van der Waals surface area contributed by atoms with Gasteiger partial charge in [-0.1, -0.05) is 43.2 Å². The minimum atomic E-state index is -0.482. The van der Waals surface area contributed by atoms with Gasteiger partial charge in [0.15, 0.2) is 0 Å². The second-order valence-electron chi connectivity index (χ2n) is 5.20. The Labute approximate surface area is 123 Å². The summed E-state index contributed by atoms with van der Waals surface area (Å²) < 4.78 is 0. The van der Waals surface area contributed by atoms with Crippen molar-refractivity contribution in [3.63, 3.8) is 0 Å². The van der Waals surface area contributed by atoms with E-state index in [-0.39, 0.29) is 11.5 Å². The Kier molecular flexibility index (Phi) is 3.32. The van der Waals surface area contributed by atoms with Crippen molar-refractivity contribution in [1.82, 2.24) is 0 Å². The van der Waals surface area contributed by atoms with E-state index in [1.807, 2.05) is 42.5 Å². The van der Waals surface area contributed by atoms with Crippen LogP contribution in [0.15, 0.2) is 54.6 Å². The van der Waals surface area contributed by atoms with Gasteiger partial charge in [-0.2, -0.15) is 0 Å². The molecule has 3 aromatic rings. The fraction of sp³-hybridized carbons (Fsp3) is 0.0588. The average Bonchev–Trinajstić information content (AvgIpc) is 2.46. The van der Waals surface area contributed by atoms with Gasteiger partial charge in [0.05, 0.1) is 0 Å². The number of benzene rings is 3. The number of hydrogen-bond acceptors (Lipinski definition) is 3. The van der Waals surface area contributed by atoms with Crippen molar-refractivity contribution < 1.29 is 15.2 Å². The predicted molar refractivity (Wildman–Crippen MR) is 86.2 cm³/mol. The Morgan fingerprint density at radius 2 is 1.48 bits per heavy atom. The first-order valence-electron chi connectivity index (χ1n) is 6.79. The Morgan fingerprint density at radius 1 is 0.810 bits per heavy atom. The summed E-state index contributed by atoms with van der Waals surface area (Å²) in [7, 11) is 0.